The Bertz CT molecular complexity index is 955. The van der Waals surface area contributed by atoms with Gasteiger partial charge in [-0.3, -0.25) is 9.59 Å². The smallest absolute Gasteiger partial charge is 0.290 e. The van der Waals surface area contributed by atoms with Gasteiger partial charge in [0.05, 0.1) is 17.8 Å². The van der Waals surface area contributed by atoms with Crippen LogP contribution in [0.15, 0.2) is 55.2 Å². The molecule has 0 radical (unpaired) electrons. The second-order valence-electron chi connectivity index (χ2n) is 6.27. The van der Waals surface area contributed by atoms with E-state index in [1.807, 2.05) is 41.1 Å². The van der Waals surface area contributed by atoms with Crippen molar-refractivity contribution in [3.63, 3.8) is 0 Å². The molecular weight excluding hydrogens is 344 g/mol. The number of hydrogen-bond donors (Lipinski definition) is 1. The summed E-state index contributed by atoms with van der Waals surface area (Å²) in [5.74, 6) is 0.0298. The van der Waals surface area contributed by atoms with Crippen molar-refractivity contribution in [3.05, 3.63) is 77.9 Å². The number of amides is 2. The van der Waals surface area contributed by atoms with Gasteiger partial charge in [0, 0.05) is 38.2 Å². The number of nitrogens with one attached hydrogen (secondary N) is 1. The molecule has 0 saturated carbocycles. The van der Waals surface area contributed by atoms with Gasteiger partial charge in [-0.15, -0.1) is 0 Å². The van der Waals surface area contributed by atoms with Crippen molar-refractivity contribution in [2.45, 2.75) is 19.6 Å². The van der Waals surface area contributed by atoms with Crippen LogP contribution in [0.4, 0.5) is 0 Å². The summed E-state index contributed by atoms with van der Waals surface area (Å²) in [4.78, 5) is 38.7. The molecule has 1 aromatic carbocycles. The zero-order valence-electron chi connectivity index (χ0n) is 14.6. The molecule has 8 heteroatoms. The predicted octanol–water partition coefficient (Wildman–Crippen LogP) is 1.26. The van der Waals surface area contributed by atoms with Crippen LogP contribution in [0.5, 0.6) is 0 Å². The summed E-state index contributed by atoms with van der Waals surface area (Å²) in [7, 11) is 0. The third-order valence-electron chi connectivity index (χ3n) is 4.38. The first kappa shape index (κ1) is 16.9. The maximum absolute atomic E-state index is 12.7. The molecule has 3 aromatic rings. The summed E-state index contributed by atoms with van der Waals surface area (Å²) >= 11 is 0. The molecule has 1 N–H and O–H groups in total. The number of carbonyl (C=O) groups excluding carboxylic acids is 2. The maximum atomic E-state index is 12.7. The van der Waals surface area contributed by atoms with Gasteiger partial charge in [-0.2, -0.15) is 0 Å². The van der Waals surface area contributed by atoms with Crippen LogP contribution in [-0.2, 0) is 19.6 Å². The Balaban J connectivity index is 1.42. The normalized spacial score (nSPS) is 13.3. The molecule has 8 nitrogen and oxygen atoms in total. The molecule has 0 aliphatic carbocycles. The Morgan fingerprint density at radius 1 is 1.11 bits per heavy atom. The highest BCUT2D eigenvalue weighted by Gasteiger charge is 2.27. The number of aromatic nitrogens is 4. The van der Waals surface area contributed by atoms with E-state index in [0.29, 0.717) is 36.7 Å². The summed E-state index contributed by atoms with van der Waals surface area (Å²) < 4.78 is 1.84. The molecule has 1 aliphatic heterocycles. The first-order valence-electron chi connectivity index (χ1n) is 8.63. The summed E-state index contributed by atoms with van der Waals surface area (Å²) in [6.45, 7) is 2.11. The van der Waals surface area contributed by atoms with Gasteiger partial charge >= 0.3 is 0 Å². The average Bonchev–Trinajstić information content (AvgIpc) is 3.14. The van der Waals surface area contributed by atoms with Crippen LogP contribution in [0.3, 0.4) is 0 Å². The van der Waals surface area contributed by atoms with E-state index >= 15 is 0 Å². The lowest BCUT2D eigenvalue weighted by Gasteiger charge is -2.27. The number of imidazole rings is 1. The number of nitrogens with zero attached hydrogens (tertiary/aromatic N) is 5. The van der Waals surface area contributed by atoms with Gasteiger partial charge in [0.25, 0.3) is 11.8 Å². The second-order valence-corrected chi connectivity index (χ2v) is 6.27. The summed E-state index contributed by atoms with van der Waals surface area (Å²) in [6.07, 6.45) is 6.08. The average molecular weight is 362 g/mol. The lowest BCUT2D eigenvalue weighted by molar-refractivity contribution is 0.0683. The lowest BCUT2D eigenvalue weighted by Crippen LogP contribution is -2.39. The molecule has 2 amide bonds. The van der Waals surface area contributed by atoms with Crippen LogP contribution in [0.2, 0.25) is 0 Å². The van der Waals surface area contributed by atoms with Crippen LogP contribution in [0.25, 0.3) is 0 Å². The summed E-state index contributed by atoms with van der Waals surface area (Å²) in [5, 5.41) is 2.77. The van der Waals surface area contributed by atoms with Crippen LogP contribution in [-0.4, -0.2) is 42.8 Å². The standard InChI is InChI=1S/C19H18N6O2/c26-18(15-8-20-13-21-9-15)22-10-16-12-24-6-7-25(19(27)17(24)23-16)11-14-4-2-1-3-5-14/h1-5,8-9,12-13H,6-7,10-11H2,(H,22,26). The van der Waals surface area contributed by atoms with E-state index in [9.17, 15) is 9.59 Å². The van der Waals surface area contributed by atoms with E-state index in [2.05, 4.69) is 20.3 Å². The van der Waals surface area contributed by atoms with E-state index in [4.69, 9.17) is 0 Å². The van der Waals surface area contributed by atoms with E-state index < -0.39 is 0 Å². The quantitative estimate of drug-likeness (QED) is 0.738. The van der Waals surface area contributed by atoms with Gasteiger partial charge in [-0.25, -0.2) is 15.0 Å². The molecule has 3 heterocycles. The molecule has 0 unspecified atom stereocenters. The first-order valence-corrected chi connectivity index (χ1v) is 8.63. The largest absolute Gasteiger partial charge is 0.346 e. The van der Waals surface area contributed by atoms with Crippen LogP contribution in [0, 0.1) is 0 Å². The monoisotopic (exact) mass is 362 g/mol. The van der Waals surface area contributed by atoms with Crippen molar-refractivity contribution in [2.24, 2.45) is 0 Å². The van der Waals surface area contributed by atoms with E-state index in [1.165, 1.54) is 18.7 Å². The number of fused-ring (bicyclic) bond motifs is 1. The minimum absolute atomic E-state index is 0.0980. The minimum Gasteiger partial charge on any atom is -0.346 e. The SMILES string of the molecule is O=C(NCc1cn2c(n1)C(=O)N(Cc1ccccc1)CC2)c1cncnc1. The fourth-order valence-corrected chi connectivity index (χ4v) is 3.01. The van der Waals surface area contributed by atoms with Gasteiger partial charge in [0.1, 0.15) is 6.33 Å². The topological polar surface area (TPSA) is 93.0 Å². The second kappa shape index (κ2) is 7.36. The van der Waals surface area contributed by atoms with Crippen LogP contribution >= 0.6 is 0 Å². The highest BCUT2D eigenvalue weighted by atomic mass is 16.2. The molecule has 1 aliphatic rings. The van der Waals surface area contributed by atoms with Gasteiger partial charge in [0.2, 0.25) is 0 Å². The van der Waals surface area contributed by atoms with Gasteiger partial charge in [-0.1, -0.05) is 30.3 Å². The Morgan fingerprint density at radius 2 is 1.89 bits per heavy atom. The fraction of sp³-hybridized carbons (Fsp3) is 0.211. The molecule has 0 spiro atoms. The van der Waals surface area contributed by atoms with Crippen molar-refractivity contribution in [3.8, 4) is 0 Å². The van der Waals surface area contributed by atoms with E-state index in [-0.39, 0.29) is 18.4 Å². The molecule has 2 aromatic heterocycles. The van der Waals surface area contributed by atoms with Crippen molar-refractivity contribution in [1.82, 2.24) is 29.7 Å². The van der Waals surface area contributed by atoms with Crippen molar-refractivity contribution < 1.29 is 9.59 Å². The van der Waals surface area contributed by atoms with Gasteiger partial charge in [-0.05, 0) is 5.56 Å². The van der Waals surface area contributed by atoms with Crippen LogP contribution in [0.1, 0.15) is 32.2 Å². The van der Waals surface area contributed by atoms with Gasteiger partial charge in [0.15, 0.2) is 5.82 Å². The first-order chi connectivity index (χ1) is 13.2. The summed E-state index contributed by atoms with van der Waals surface area (Å²) in [5.41, 5.74) is 2.11. The molecule has 27 heavy (non-hydrogen) atoms. The van der Waals surface area contributed by atoms with Gasteiger partial charge < -0.3 is 14.8 Å². The zero-order valence-corrected chi connectivity index (χ0v) is 14.6. The third-order valence-corrected chi connectivity index (χ3v) is 4.38. The fourth-order valence-electron chi connectivity index (χ4n) is 3.01. The van der Waals surface area contributed by atoms with E-state index in [1.54, 1.807) is 4.90 Å². The maximum Gasteiger partial charge on any atom is 0.290 e. The van der Waals surface area contributed by atoms with Crippen LogP contribution < -0.4 is 5.32 Å². The highest BCUT2D eigenvalue weighted by molar-refractivity contribution is 5.93. The Morgan fingerprint density at radius 3 is 2.67 bits per heavy atom. The Labute approximate surface area is 155 Å². The molecule has 136 valence electrons. The number of benzene rings is 1. The molecule has 0 bridgehead atoms. The predicted molar refractivity (Wildman–Crippen MR) is 96.6 cm³/mol. The highest BCUT2D eigenvalue weighted by Crippen LogP contribution is 2.16. The zero-order chi connectivity index (χ0) is 18.6. The van der Waals surface area contributed by atoms with E-state index in [0.717, 1.165) is 5.56 Å². The van der Waals surface area contributed by atoms with Crippen molar-refractivity contribution >= 4 is 11.8 Å². The Hall–Kier alpha value is -3.55. The lowest BCUT2D eigenvalue weighted by atomic mass is 10.2. The molecule has 0 saturated heterocycles. The Kier molecular flexibility index (Phi) is 4.61. The molecule has 4 rings (SSSR count). The number of rotatable bonds is 5. The summed E-state index contributed by atoms with van der Waals surface area (Å²) in [6, 6.07) is 9.88. The third kappa shape index (κ3) is 3.69. The number of hydrogen-bond acceptors (Lipinski definition) is 5. The molecule has 0 atom stereocenters. The van der Waals surface area contributed by atoms with Crippen molar-refractivity contribution in [1.29, 1.82) is 0 Å². The molecule has 0 fully saturated rings. The molecular formula is C19H18N6O2. The van der Waals surface area contributed by atoms with Crippen molar-refractivity contribution in [2.75, 3.05) is 6.54 Å². The minimum atomic E-state index is -0.279. The number of carbonyl (C=O) groups is 2.